The number of β-amino-alcohol motifs (C(OH)–C–C–N with tert-alkyl or cyclic N) is 1. The third kappa shape index (κ3) is 7.54. The highest BCUT2D eigenvalue weighted by Gasteiger charge is 2.19. The molecule has 1 atom stereocenters. The average molecular weight is 428 g/mol. The second-order valence-corrected chi connectivity index (χ2v) is 8.10. The van der Waals surface area contributed by atoms with Crippen LogP contribution in [0.5, 0.6) is 11.5 Å². The minimum Gasteiger partial charge on any atom is -0.488 e. The molecular formula is C24H33N3O4. The first kappa shape index (κ1) is 23.1. The van der Waals surface area contributed by atoms with Crippen LogP contribution >= 0.6 is 0 Å². The minimum absolute atomic E-state index is 0.127. The largest absolute Gasteiger partial charge is 0.488 e. The molecule has 3 rings (SSSR count). The number of fused-ring (bicyclic) bond motifs is 1. The number of benzene rings is 2. The van der Waals surface area contributed by atoms with E-state index in [1.807, 2.05) is 43.3 Å². The quantitative estimate of drug-likeness (QED) is 0.567. The summed E-state index contributed by atoms with van der Waals surface area (Å²) in [5.74, 6) is 0.873. The van der Waals surface area contributed by atoms with Crippen LogP contribution in [0.4, 0.5) is 0 Å². The van der Waals surface area contributed by atoms with Gasteiger partial charge in [-0.3, -0.25) is 9.69 Å². The molecule has 7 heteroatoms. The predicted octanol–water partition coefficient (Wildman–Crippen LogP) is 1.54. The summed E-state index contributed by atoms with van der Waals surface area (Å²) in [6.07, 6.45) is 0.356. The molecule has 0 saturated carbocycles. The number of likely N-dealkylation sites (N-methyl/N-ethyl adjacent to an activating group) is 1. The van der Waals surface area contributed by atoms with E-state index in [0.717, 1.165) is 26.1 Å². The number of carbonyl (C=O) groups excluding carboxylic acids is 1. The predicted molar refractivity (Wildman–Crippen MR) is 120 cm³/mol. The van der Waals surface area contributed by atoms with Gasteiger partial charge in [0, 0.05) is 32.7 Å². The molecule has 7 nitrogen and oxygen atoms in total. The molecule has 0 spiro atoms. The van der Waals surface area contributed by atoms with Crippen LogP contribution in [-0.2, 0) is 17.8 Å². The van der Waals surface area contributed by atoms with Crippen LogP contribution in [0.25, 0.3) is 0 Å². The summed E-state index contributed by atoms with van der Waals surface area (Å²) in [5.41, 5.74) is 2.69. The molecule has 1 aliphatic heterocycles. The van der Waals surface area contributed by atoms with Gasteiger partial charge in [0.2, 0.25) is 0 Å². The van der Waals surface area contributed by atoms with E-state index in [2.05, 4.69) is 28.4 Å². The van der Waals surface area contributed by atoms with E-state index < -0.39 is 6.10 Å². The van der Waals surface area contributed by atoms with Crippen molar-refractivity contribution in [2.24, 2.45) is 0 Å². The van der Waals surface area contributed by atoms with Gasteiger partial charge in [-0.05, 0) is 43.8 Å². The summed E-state index contributed by atoms with van der Waals surface area (Å²) in [5, 5.41) is 13.1. The standard InChI is InChI=1S/C24H33N3O4/c1-26(2)13-14-30-22-9-5-6-10-23(22)31-18-24(29)25-15-21(28)17-27-12-11-19-7-3-4-8-20(19)16-27/h3-10,21,28H,11-18H2,1-2H3,(H,25,29)/t21-/m0/s1. The zero-order valence-electron chi connectivity index (χ0n) is 18.4. The van der Waals surface area contributed by atoms with Gasteiger partial charge < -0.3 is 24.8 Å². The maximum absolute atomic E-state index is 12.2. The molecular weight excluding hydrogens is 394 g/mol. The van der Waals surface area contributed by atoms with Crippen molar-refractivity contribution in [1.82, 2.24) is 15.1 Å². The number of hydrogen-bond acceptors (Lipinski definition) is 6. The van der Waals surface area contributed by atoms with Crippen LogP contribution < -0.4 is 14.8 Å². The first-order valence-corrected chi connectivity index (χ1v) is 10.7. The van der Waals surface area contributed by atoms with Crippen LogP contribution in [0.3, 0.4) is 0 Å². The smallest absolute Gasteiger partial charge is 0.258 e. The molecule has 1 heterocycles. The lowest BCUT2D eigenvalue weighted by Gasteiger charge is -2.30. The zero-order chi connectivity index (χ0) is 22.1. The van der Waals surface area contributed by atoms with Crippen molar-refractivity contribution < 1.29 is 19.4 Å². The van der Waals surface area contributed by atoms with E-state index in [-0.39, 0.29) is 19.1 Å². The summed E-state index contributed by atoms with van der Waals surface area (Å²) in [6, 6.07) is 15.7. The normalized spacial score (nSPS) is 14.7. The van der Waals surface area contributed by atoms with E-state index in [0.29, 0.717) is 24.7 Å². The highest BCUT2D eigenvalue weighted by Crippen LogP contribution is 2.26. The lowest BCUT2D eigenvalue weighted by Crippen LogP contribution is -2.42. The van der Waals surface area contributed by atoms with Gasteiger partial charge in [0.15, 0.2) is 18.1 Å². The van der Waals surface area contributed by atoms with Crippen molar-refractivity contribution in [3.63, 3.8) is 0 Å². The van der Waals surface area contributed by atoms with Gasteiger partial charge in [0.05, 0.1) is 6.10 Å². The first-order chi connectivity index (χ1) is 15.0. The summed E-state index contributed by atoms with van der Waals surface area (Å²) < 4.78 is 11.4. The molecule has 0 saturated heterocycles. The van der Waals surface area contributed by atoms with Crippen LogP contribution in [-0.4, -0.2) is 80.4 Å². The van der Waals surface area contributed by atoms with Crippen LogP contribution in [0.15, 0.2) is 48.5 Å². The van der Waals surface area contributed by atoms with Crippen LogP contribution in [0, 0.1) is 0 Å². The van der Waals surface area contributed by atoms with Crippen molar-refractivity contribution >= 4 is 5.91 Å². The van der Waals surface area contributed by atoms with E-state index >= 15 is 0 Å². The number of amides is 1. The Morgan fingerprint density at radius 3 is 2.52 bits per heavy atom. The Morgan fingerprint density at radius 1 is 1.10 bits per heavy atom. The van der Waals surface area contributed by atoms with Gasteiger partial charge in [-0.1, -0.05) is 36.4 Å². The van der Waals surface area contributed by atoms with Crippen molar-refractivity contribution in [2.75, 3.05) is 53.5 Å². The van der Waals surface area contributed by atoms with Crippen LogP contribution in [0.2, 0.25) is 0 Å². The molecule has 0 radical (unpaired) electrons. The highest BCUT2D eigenvalue weighted by atomic mass is 16.5. The van der Waals surface area contributed by atoms with Crippen LogP contribution in [0.1, 0.15) is 11.1 Å². The topological polar surface area (TPSA) is 74.3 Å². The lowest BCUT2D eigenvalue weighted by molar-refractivity contribution is -0.123. The molecule has 2 aromatic rings. The fourth-order valence-corrected chi connectivity index (χ4v) is 3.53. The van der Waals surface area contributed by atoms with E-state index in [9.17, 15) is 9.90 Å². The van der Waals surface area contributed by atoms with Gasteiger partial charge >= 0.3 is 0 Å². The maximum Gasteiger partial charge on any atom is 0.258 e. The number of aliphatic hydroxyl groups is 1. The fourth-order valence-electron chi connectivity index (χ4n) is 3.53. The Bertz CT molecular complexity index is 843. The monoisotopic (exact) mass is 427 g/mol. The van der Waals surface area contributed by atoms with Gasteiger partial charge in [-0.15, -0.1) is 0 Å². The third-order valence-corrected chi connectivity index (χ3v) is 5.22. The fraction of sp³-hybridized carbons (Fsp3) is 0.458. The van der Waals surface area contributed by atoms with E-state index in [1.165, 1.54) is 11.1 Å². The Morgan fingerprint density at radius 2 is 1.77 bits per heavy atom. The van der Waals surface area contributed by atoms with Gasteiger partial charge in [-0.25, -0.2) is 0 Å². The minimum atomic E-state index is -0.629. The number of carbonyl (C=O) groups is 1. The van der Waals surface area contributed by atoms with Crippen molar-refractivity contribution in [1.29, 1.82) is 0 Å². The van der Waals surface area contributed by atoms with E-state index in [4.69, 9.17) is 9.47 Å². The summed E-state index contributed by atoms with van der Waals surface area (Å²) in [4.78, 5) is 16.4. The lowest BCUT2D eigenvalue weighted by atomic mass is 10.00. The molecule has 0 bridgehead atoms. The van der Waals surface area contributed by atoms with Gasteiger partial charge in [0.25, 0.3) is 5.91 Å². The van der Waals surface area contributed by atoms with E-state index in [1.54, 1.807) is 6.07 Å². The number of hydrogen-bond donors (Lipinski definition) is 2. The molecule has 0 unspecified atom stereocenters. The average Bonchev–Trinajstić information content (AvgIpc) is 2.76. The van der Waals surface area contributed by atoms with Gasteiger partial charge in [-0.2, -0.15) is 0 Å². The molecule has 168 valence electrons. The molecule has 1 aliphatic rings. The molecule has 31 heavy (non-hydrogen) atoms. The van der Waals surface area contributed by atoms with Crippen molar-refractivity contribution in [2.45, 2.75) is 19.1 Å². The summed E-state index contributed by atoms with van der Waals surface area (Å²) in [6.45, 7) is 3.66. The molecule has 2 N–H and O–H groups in total. The summed E-state index contributed by atoms with van der Waals surface area (Å²) in [7, 11) is 3.96. The van der Waals surface area contributed by atoms with Gasteiger partial charge in [0.1, 0.15) is 6.61 Å². The Kier molecular flexibility index (Phi) is 8.70. The first-order valence-electron chi connectivity index (χ1n) is 10.7. The molecule has 0 fully saturated rings. The maximum atomic E-state index is 12.2. The summed E-state index contributed by atoms with van der Waals surface area (Å²) >= 11 is 0. The third-order valence-electron chi connectivity index (χ3n) is 5.22. The number of ether oxygens (including phenoxy) is 2. The number of aliphatic hydroxyl groups excluding tert-OH is 1. The second-order valence-electron chi connectivity index (χ2n) is 8.10. The number of nitrogens with one attached hydrogen (secondary N) is 1. The number of rotatable bonds is 11. The second kappa shape index (κ2) is 11.7. The molecule has 0 aliphatic carbocycles. The SMILES string of the molecule is CN(C)CCOc1ccccc1OCC(=O)NC[C@H](O)CN1CCc2ccccc2C1. The Hall–Kier alpha value is -2.61. The molecule has 0 aromatic heterocycles. The molecule has 1 amide bonds. The Balaban J connectivity index is 1.38. The zero-order valence-corrected chi connectivity index (χ0v) is 18.4. The van der Waals surface area contributed by atoms with Crippen molar-refractivity contribution in [3.8, 4) is 11.5 Å². The molecule has 2 aromatic carbocycles. The number of nitrogens with zero attached hydrogens (tertiary/aromatic N) is 2. The highest BCUT2D eigenvalue weighted by molar-refractivity contribution is 5.77. The Labute approximate surface area is 184 Å². The number of para-hydroxylation sites is 2. The van der Waals surface area contributed by atoms with Crippen molar-refractivity contribution in [3.05, 3.63) is 59.7 Å².